The molecule has 92 valence electrons. The number of aromatic amines is 1. The van der Waals surface area contributed by atoms with E-state index in [-0.39, 0.29) is 17.0 Å². The van der Waals surface area contributed by atoms with Gasteiger partial charge in [-0.25, -0.2) is 0 Å². The first-order valence-corrected chi connectivity index (χ1v) is 5.64. The highest BCUT2D eigenvalue weighted by Crippen LogP contribution is 2.21. The zero-order valence-corrected chi connectivity index (χ0v) is 10.4. The summed E-state index contributed by atoms with van der Waals surface area (Å²) in [7, 11) is 0. The van der Waals surface area contributed by atoms with Crippen LogP contribution in [-0.2, 0) is 0 Å². The molecule has 4 nitrogen and oxygen atoms in total. The number of rotatable bonds is 2. The molecule has 18 heavy (non-hydrogen) atoms. The third-order valence-corrected chi connectivity index (χ3v) is 2.87. The molecule has 0 saturated heterocycles. The Kier molecular flexibility index (Phi) is 3.02. The fourth-order valence-electron chi connectivity index (χ4n) is 1.96. The molecule has 0 fully saturated rings. The standard InChI is InChI=1S/C14H15N3O/c1-8-3-4-10(9(2)7-8)12-6-5-11(13(15)16)14(18)17-12/h3-7H,1-2H3,(H3,15,16)(H,17,18). The number of nitrogens with one attached hydrogen (secondary N) is 2. The second kappa shape index (κ2) is 4.49. The Balaban J connectivity index is 2.56. The lowest BCUT2D eigenvalue weighted by Gasteiger charge is -2.07. The van der Waals surface area contributed by atoms with Crippen LogP contribution in [0.5, 0.6) is 0 Å². The van der Waals surface area contributed by atoms with Gasteiger partial charge in [-0.2, -0.15) is 0 Å². The Bertz CT molecular complexity index is 671. The van der Waals surface area contributed by atoms with Crippen LogP contribution in [0.4, 0.5) is 0 Å². The fraction of sp³-hybridized carbons (Fsp3) is 0.143. The largest absolute Gasteiger partial charge is 0.384 e. The number of nitrogen functional groups attached to an aromatic ring is 1. The van der Waals surface area contributed by atoms with E-state index in [0.717, 1.165) is 16.8 Å². The minimum Gasteiger partial charge on any atom is -0.384 e. The second-order valence-electron chi connectivity index (χ2n) is 4.35. The maximum atomic E-state index is 11.8. The van der Waals surface area contributed by atoms with Crippen molar-refractivity contribution in [1.82, 2.24) is 4.98 Å². The SMILES string of the molecule is Cc1ccc(-c2ccc(C(=N)N)c(=O)[nH]2)c(C)c1. The minimum atomic E-state index is -0.333. The number of amidine groups is 1. The number of aryl methyl sites for hydroxylation is 2. The molecule has 0 atom stereocenters. The van der Waals surface area contributed by atoms with E-state index in [1.54, 1.807) is 12.1 Å². The molecule has 0 saturated carbocycles. The Labute approximate surface area is 105 Å². The van der Waals surface area contributed by atoms with Crippen LogP contribution in [-0.4, -0.2) is 10.8 Å². The predicted octanol–water partition coefficient (Wildman–Crippen LogP) is 1.94. The monoisotopic (exact) mass is 241 g/mol. The molecule has 0 amide bonds. The molecule has 0 aliphatic rings. The topological polar surface area (TPSA) is 82.7 Å². The summed E-state index contributed by atoms with van der Waals surface area (Å²) in [5.41, 5.74) is 9.18. The lowest BCUT2D eigenvalue weighted by Crippen LogP contribution is -2.23. The van der Waals surface area contributed by atoms with Crippen LogP contribution in [0.3, 0.4) is 0 Å². The third kappa shape index (κ3) is 2.18. The van der Waals surface area contributed by atoms with Gasteiger partial charge in [0.15, 0.2) is 0 Å². The van der Waals surface area contributed by atoms with E-state index in [1.807, 2.05) is 26.0 Å². The average Bonchev–Trinajstić information content (AvgIpc) is 2.28. The molecule has 0 spiro atoms. The van der Waals surface area contributed by atoms with Gasteiger partial charge in [0.1, 0.15) is 5.84 Å². The second-order valence-corrected chi connectivity index (χ2v) is 4.35. The summed E-state index contributed by atoms with van der Waals surface area (Å²) in [6.45, 7) is 4.03. The number of benzene rings is 1. The zero-order valence-electron chi connectivity index (χ0n) is 10.4. The van der Waals surface area contributed by atoms with Crippen LogP contribution in [0.1, 0.15) is 16.7 Å². The normalized spacial score (nSPS) is 10.3. The highest BCUT2D eigenvalue weighted by molar-refractivity contribution is 5.94. The summed E-state index contributed by atoms with van der Waals surface area (Å²) < 4.78 is 0. The van der Waals surface area contributed by atoms with Crippen molar-refractivity contribution in [2.75, 3.05) is 0 Å². The number of pyridine rings is 1. The van der Waals surface area contributed by atoms with Crippen LogP contribution in [0, 0.1) is 19.3 Å². The predicted molar refractivity (Wildman–Crippen MR) is 73.0 cm³/mol. The quantitative estimate of drug-likeness (QED) is 0.554. The fourth-order valence-corrected chi connectivity index (χ4v) is 1.96. The van der Waals surface area contributed by atoms with Gasteiger partial charge < -0.3 is 10.7 Å². The summed E-state index contributed by atoms with van der Waals surface area (Å²) >= 11 is 0. The van der Waals surface area contributed by atoms with Crippen molar-refractivity contribution in [3.05, 3.63) is 57.4 Å². The van der Waals surface area contributed by atoms with Gasteiger partial charge in [-0.05, 0) is 31.5 Å². The smallest absolute Gasteiger partial charge is 0.259 e. The van der Waals surface area contributed by atoms with Gasteiger partial charge in [0, 0.05) is 11.3 Å². The minimum absolute atomic E-state index is 0.198. The lowest BCUT2D eigenvalue weighted by atomic mass is 10.0. The van der Waals surface area contributed by atoms with Gasteiger partial charge in [-0.3, -0.25) is 10.2 Å². The molecule has 0 bridgehead atoms. The number of hydrogen-bond acceptors (Lipinski definition) is 2. The van der Waals surface area contributed by atoms with E-state index in [9.17, 15) is 4.79 Å². The van der Waals surface area contributed by atoms with Crippen molar-refractivity contribution >= 4 is 5.84 Å². The van der Waals surface area contributed by atoms with Crippen LogP contribution in [0.15, 0.2) is 35.1 Å². The number of nitrogens with two attached hydrogens (primary N) is 1. The van der Waals surface area contributed by atoms with Gasteiger partial charge in [0.25, 0.3) is 5.56 Å². The van der Waals surface area contributed by atoms with E-state index in [2.05, 4.69) is 11.1 Å². The molecule has 4 heteroatoms. The van der Waals surface area contributed by atoms with E-state index >= 15 is 0 Å². The van der Waals surface area contributed by atoms with Crippen molar-refractivity contribution in [2.45, 2.75) is 13.8 Å². The molecule has 0 aliphatic heterocycles. The summed E-state index contributed by atoms with van der Waals surface area (Å²) in [6, 6.07) is 9.39. The van der Waals surface area contributed by atoms with E-state index < -0.39 is 0 Å². The van der Waals surface area contributed by atoms with Crippen molar-refractivity contribution in [3.8, 4) is 11.3 Å². The molecule has 2 aromatic rings. The van der Waals surface area contributed by atoms with Crippen LogP contribution >= 0.6 is 0 Å². The van der Waals surface area contributed by atoms with E-state index in [4.69, 9.17) is 11.1 Å². The zero-order chi connectivity index (χ0) is 13.3. The highest BCUT2D eigenvalue weighted by Gasteiger charge is 2.07. The molecule has 1 aromatic heterocycles. The maximum absolute atomic E-state index is 11.8. The van der Waals surface area contributed by atoms with Gasteiger partial charge in [0.2, 0.25) is 0 Å². The van der Waals surface area contributed by atoms with E-state index in [1.165, 1.54) is 5.56 Å². The van der Waals surface area contributed by atoms with Gasteiger partial charge in [-0.15, -0.1) is 0 Å². The third-order valence-electron chi connectivity index (χ3n) is 2.87. The molecule has 0 unspecified atom stereocenters. The highest BCUT2D eigenvalue weighted by atomic mass is 16.1. The average molecular weight is 241 g/mol. The summed E-state index contributed by atoms with van der Waals surface area (Å²) in [5, 5.41) is 7.28. The van der Waals surface area contributed by atoms with Gasteiger partial charge in [0.05, 0.1) is 5.56 Å². The lowest BCUT2D eigenvalue weighted by molar-refractivity contribution is 1.21. The van der Waals surface area contributed by atoms with Crippen LogP contribution in [0.2, 0.25) is 0 Å². The van der Waals surface area contributed by atoms with Gasteiger partial charge in [-0.1, -0.05) is 23.8 Å². The number of H-pyrrole nitrogens is 1. The van der Waals surface area contributed by atoms with Crippen molar-refractivity contribution < 1.29 is 0 Å². The Hall–Kier alpha value is -2.36. The number of hydrogen-bond donors (Lipinski definition) is 3. The first-order valence-electron chi connectivity index (χ1n) is 5.64. The Morgan fingerprint density at radius 3 is 2.50 bits per heavy atom. The number of aromatic nitrogens is 1. The molecule has 4 N–H and O–H groups in total. The van der Waals surface area contributed by atoms with Crippen molar-refractivity contribution in [3.63, 3.8) is 0 Å². The van der Waals surface area contributed by atoms with Gasteiger partial charge >= 0.3 is 0 Å². The molecule has 0 aliphatic carbocycles. The van der Waals surface area contributed by atoms with Crippen LogP contribution < -0.4 is 11.3 Å². The summed E-state index contributed by atoms with van der Waals surface area (Å²) in [4.78, 5) is 14.5. The molecular weight excluding hydrogens is 226 g/mol. The van der Waals surface area contributed by atoms with Crippen molar-refractivity contribution in [2.24, 2.45) is 5.73 Å². The van der Waals surface area contributed by atoms with Crippen molar-refractivity contribution in [1.29, 1.82) is 5.41 Å². The molecule has 1 heterocycles. The Morgan fingerprint density at radius 1 is 1.22 bits per heavy atom. The Morgan fingerprint density at radius 2 is 1.94 bits per heavy atom. The molecule has 2 rings (SSSR count). The molecule has 0 radical (unpaired) electrons. The first kappa shape index (κ1) is 12.1. The summed E-state index contributed by atoms with van der Waals surface area (Å²) in [5.74, 6) is -0.219. The first-order chi connectivity index (χ1) is 8.49. The molecule has 1 aromatic carbocycles. The maximum Gasteiger partial charge on any atom is 0.259 e. The van der Waals surface area contributed by atoms with E-state index in [0.29, 0.717) is 0 Å². The molecular formula is C14H15N3O. The van der Waals surface area contributed by atoms with Crippen LogP contribution in [0.25, 0.3) is 11.3 Å². The summed E-state index contributed by atoms with van der Waals surface area (Å²) in [6.07, 6.45) is 0.